The van der Waals surface area contributed by atoms with Crippen LogP contribution in [-0.2, 0) is 20.8 Å². The van der Waals surface area contributed by atoms with Crippen molar-refractivity contribution in [2.45, 2.75) is 19.3 Å². The van der Waals surface area contributed by atoms with E-state index in [9.17, 15) is 22.8 Å². The van der Waals surface area contributed by atoms with Crippen molar-refractivity contribution in [1.29, 1.82) is 0 Å². The number of alkyl halides is 3. The summed E-state index contributed by atoms with van der Waals surface area (Å²) < 4.78 is 64.1. The molecule has 0 spiro atoms. The number of carbonyl (C=O) groups is 2. The first kappa shape index (κ1) is 31.6. The van der Waals surface area contributed by atoms with Crippen LogP contribution in [0.25, 0.3) is 11.3 Å². The molecule has 0 aliphatic heterocycles. The molecule has 0 saturated heterocycles. The number of ether oxygens (including phenoxy) is 5. The molecule has 10 nitrogen and oxygen atoms in total. The second-order valence-corrected chi connectivity index (χ2v) is 9.20. The first-order valence-electron chi connectivity index (χ1n) is 12.3. The zero-order valence-electron chi connectivity index (χ0n) is 22.7. The lowest BCUT2D eigenvalue weighted by atomic mass is 10.1. The van der Waals surface area contributed by atoms with Gasteiger partial charge in [0.05, 0.1) is 38.7 Å². The number of hydrogen-bond acceptors (Lipinski definition) is 8. The van der Waals surface area contributed by atoms with Crippen LogP contribution in [0.5, 0.6) is 17.2 Å². The minimum atomic E-state index is -4.81. The van der Waals surface area contributed by atoms with Gasteiger partial charge < -0.3 is 33.6 Å². The van der Waals surface area contributed by atoms with E-state index >= 15 is 0 Å². The summed E-state index contributed by atoms with van der Waals surface area (Å²) in [5.41, 5.74) is 1.43. The Bertz CT molecular complexity index is 1370. The van der Waals surface area contributed by atoms with Crippen LogP contribution in [0.15, 0.2) is 52.8 Å². The molecule has 2 amide bonds. The van der Waals surface area contributed by atoms with Crippen LogP contribution in [0.3, 0.4) is 0 Å². The third-order valence-corrected chi connectivity index (χ3v) is 6.43. The SMILES string of the molecule is COCCOCC(=O)NCCCn1c(-c2ccc(OC(F)(F)F)cc2)csc1=NC(=O)c1ccc(OC)cc1OC. The first-order chi connectivity index (χ1) is 19.6. The molecule has 1 aromatic heterocycles. The topological polar surface area (TPSA) is 110 Å². The maximum absolute atomic E-state index is 13.1. The number of amides is 2. The van der Waals surface area contributed by atoms with Crippen molar-refractivity contribution in [2.75, 3.05) is 47.7 Å². The lowest BCUT2D eigenvalue weighted by molar-refractivity contribution is -0.274. The molecule has 14 heteroatoms. The normalized spacial score (nSPS) is 11.8. The number of benzene rings is 2. The van der Waals surface area contributed by atoms with E-state index in [1.54, 1.807) is 28.1 Å². The Morgan fingerprint density at radius 2 is 1.73 bits per heavy atom. The molecule has 3 rings (SSSR count). The maximum Gasteiger partial charge on any atom is 0.573 e. The summed E-state index contributed by atoms with van der Waals surface area (Å²) in [4.78, 5) is 29.8. The highest BCUT2D eigenvalue weighted by atomic mass is 32.1. The number of nitrogens with zero attached hydrogens (tertiary/aromatic N) is 2. The standard InChI is InChI=1S/C27H30F3N3O7S/c1-36-13-14-39-16-24(34)31-11-4-12-33-22(18-5-7-19(8-6-18)40-27(28,29)30)17-41-26(33)32-25(35)21-10-9-20(37-2)15-23(21)38-3/h5-10,15,17H,4,11-14,16H2,1-3H3,(H,31,34). The lowest BCUT2D eigenvalue weighted by Gasteiger charge is -2.12. The van der Waals surface area contributed by atoms with Crippen LogP contribution < -0.4 is 24.3 Å². The van der Waals surface area contributed by atoms with Crippen molar-refractivity contribution in [3.05, 3.63) is 58.2 Å². The maximum atomic E-state index is 13.1. The fourth-order valence-corrected chi connectivity index (χ4v) is 4.57. The van der Waals surface area contributed by atoms with Gasteiger partial charge >= 0.3 is 6.36 Å². The molecule has 0 aliphatic rings. The number of nitrogens with one attached hydrogen (secondary N) is 1. The minimum Gasteiger partial charge on any atom is -0.497 e. The predicted molar refractivity (Wildman–Crippen MR) is 144 cm³/mol. The zero-order valence-corrected chi connectivity index (χ0v) is 23.5. The molecule has 0 fully saturated rings. The number of hydrogen-bond donors (Lipinski definition) is 1. The Labute approximate surface area is 238 Å². The Balaban J connectivity index is 1.85. The molecule has 41 heavy (non-hydrogen) atoms. The minimum absolute atomic E-state index is 0.106. The second-order valence-electron chi connectivity index (χ2n) is 8.36. The van der Waals surface area contributed by atoms with E-state index in [1.165, 1.54) is 56.9 Å². The van der Waals surface area contributed by atoms with E-state index in [1.807, 2.05) is 0 Å². The highest BCUT2D eigenvalue weighted by Gasteiger charge is 2.31. The van der Waals surface area contributed by atoms with Crippen molar-refractivity contribution >= 4 is 23.2 Å². The third-order valence-electron chi connectivity index (χ3n) is 5.56. The van der Waals surface area contributed by atoms with Crippen molar-refractivity contribution in [3.63, 3.8) is 0 Å². The number of rotatable bonds is 14. The number of carbonyl (C=O) groups excluding carboxylic acids is 2. The lowest BCUT2D eigenvalue weighted by Crippen LogP contribution is -2.30. The number of halogens is 3. The summed E-state index contributed by atoms with van der Waals surface area (Å²) >= 11 is 1.19. The van der Waals surface area contributed by atoms with Crippen molar-refractivity contribution in [1.82, 2.24) is 9.88 Å². The molecule has 0 unspecified atom stereocenters. The molecular formula is C27H30F3N3O7S. The van der Waals surface area contributed by atoms with E-state index < -0.39 is 12.3 Å². The quantitative estimate of drug-likeness (QED) is 0.280. The molecule has 1 N–H and O–H groups in total. The first-order valence-corrected chi connectivity index (χ1v) is 13.2. The Morgan fingerprint density at radius 3 is 2.39 bits per heavy atom. The van der Waals surface area contributed by atoms with Gasteiger partial charge in [-0.25, -0.2) is 0 Å². The molecule has 3 aromatic rings. The molecular weight excluding hydrogens is 567 g/mol. The summed E-state index contributed by atoms with van der Waals surface area (Å²) in [5, 5.41) is 4.51. The van der Waals surface area contributed by atoms with Crippen LogP contribution in [0.1, 0.15) is 16.8 Å². The molecule has 222 valence electrons. The summed E-state index contributed by atoms with van der Waals surface area (Å²) in [7, 11) is 4.46. The molecule has 1 heterocycles. The van der Waals surface area contributed by atoms with E-state index in [4.69, 9.17) is 18.9 Å². The van der Waals surface area contributed by atoms with E-state index in [2.05, 4.69) is 15.0 Å². The van der Waals surface area contributed by atoms with E-state index in [-0.39, 0.29) is 29.6 Å². The van der Waals surface area contributed by atoms with Gasteiger partial charge in [0, 0.05) is 31.6 Å². The highest BCUT2D eigenvalue weighted by Crippen LogP contribution is 2.28. The van der Waals surface area contributed by atoms with Crippen molar-refractivity contribution < 1.29 is 46.4 Å². The van der Waals surface area contributed by atoms with Gasteiger partial charge in [-0.2, -0.15) is 4.99 Å². The van der Waals surface area contributed by atoms with Gasteiger partial charge in [0.2, 0.25) is 5.91 Å². The Kier molecular flexibility index (Phi) is 11.7. The largest absolute Gasteiger partial charge is 0.573 e. The summed E-state index contributed by atoms with van der Waals surface area (Å²) in [6.07, 6.45) is -4.34. The van der Waals surface area contributed by atoms with Gasteiger partial charge in [-0.05, 0) is 48.4 Å². The predicted octanol–water partition coefficient (Wildman–Crippen LogP) is 4.04. The molecule has 0 saturated carbocycles. The van der Waals surface area contributed by atoms with Gasteiger partial charge in [-0.15, -0.1) is 24.5 Å². The molecule has 2 aromatic carbocycles. The number of methoxy groups -OCH3 is 3. The van der Waals surface area contributed by atoms with Crippen LogP contribution in [0, 0.1) is 0 Å². The highest BCUT2D eigenvalue weighted by molar-refractivity contribution is 7.07. The summed E-state index contributed by atoms with van der Waals surface area (Å²) in [6.45, 7) is 1.22. The average Bonchev–Trinajstić information content (AvgIpc) is 3.34. The van der Waals surface area contributed by atoms with Crippen LogP contribution in [0.2, 0.25) is 0 Å². The second kappa shape index (κ2) is 15.2. The average molecular weight is 598 g/mol. The van der Waals surface area contributed by atoms with Gasteiger partial charge in [-0.3, -0.25) is 9.59 Å². The summed E-state index contributed by atoms with van der Waals surface area (Å²) in [6, 6.07) is 10.1. The van der Waals surface area contributed by atoms with Gasteiger partial charge in [0.15, 0.2) is 4.80 Å². The van der Waals surface area contributed by atoms with Crippen LogP contribution >= 0.6 is 11.3 Å². The molecule has 0 atom stereocenters. The molecule has 0 bridgehead atoms. The zero-order chi connectivity index (χ0) is 29.8. The van der Waals surface area contributed by atoms with E-state index in [0.717, 1.165) is 0 Å². The fraction of sp³-hybridized carbons (Fsp3) is 0.370. The monoisotopic (exact) mass is 597 g/mol. The number of aromatic nitrogens is 1. The Hall–Kier alpha value is -3.88. The van der Waals surface area contributed by atoms with Gasteiger partial charge in [0.1, 0.15) is 23.9 Å². The smallest absolute Gasteiger partial charge is 0.497 e. The van der Waals surface area contributed by atoms with Gasteiger partial charge in [-0.1, -0.05) is 0 Å². The number of thiazole rings is 1. The summed E-state index contributed by atoms with van der Waals surface area (Å²) in [5.74, 6) is -0.399. The van der Waals surface area contributed by atoms with Crippen LogP contribution in [0.4, 0.5) is 13.2 Å². The van der Waals surface area contributed by atoms with E-state index in [0.29, 0.717) is 54.5 Å². The van der Waals surface area contributed by atoms with Crippen LogP contribution in [-0.4, -0.2) is 70.4 Å². The van der Waals surface area contributed by atoms with Crippen molar-refractivity contribution in [3.8, 4) is 28.5 Å². The van der Waals surface area contributed by atoms with Gasteiger partial charge in [0.25, 0.3) is 5.91 Å². The fourth-order valence-electron chi connectivity index (χ4n) is 3.64. The molecule has 0 aliphatic carbocycles. The van der Waals surface area contributed by atoms with Crippen molar-refractivity contribution in [2.24, 2.45) is 4.99 Å². The molecule has 0 radical (unpaired) electrons. The third kappa shape index (κ3) is 9.62. The Morgan fingerprint density at radius 1 is 1.00 bits per heavy atom.